The number of carbonyl (C=O) groups excluding carboxylic acids is 1. The quantitative estimate of drug-likeness (QED) is 0.694. The topological polar surface area (TPSA) is 95.0 Å². The number of aliphatic carboxylic acids is 1. The van der Waals surface area contributed by atoms with Crippen molar-refractivity contribution in [1.82, 2.24) is 9.21 Å². The van der Waals surface area contributed by atoms with Gasteiger partial charge >= 0.3 is 5.97 Å². The smallest absolute Gasteiger partial charge is 0.307 e. The molecule has 8 heteroatoms. The number of nitrogens with zero attached hydrogens (tertiary/aromatic N) is 2. The van der Waals surface area contributed by atoms with Gasteiger partial charge in [0.2, 0.25) is 15.9 Å². The number of carbonyl (C=O) groups is 2. The lowest BCUT2D eigenvalue weighted by Crippen LogP contribution is -2.53. The SMILES string of the molecule is CC(C)Cc1ccc(S(=O)(=O)N2CCN(C(=O)[C@H]3CC=CC[C@H]3C(=O)O)CC2)cc1. The molecular formula is C22H30N2O5S. The summed E-state index contributed by atoms with van der Waals surface area (Å²) in [5.74, 6) is -1.95. The van der Waals surface area contributed by atoms with Crippen LogP contribution < -0.4 is 0 Å². The zero-order chi connectivity index (χ0) is 21.9. The number of hydrogen-bond donors (Lipinski definition) is 1. The largest absolute Gasteiger partial charge is 0.481 e. The molecule has 0 unspecified atom stereocenters. The second-order valence-electron chi connectivity index (χ2n) is 8.47. The highest BCUT2D eigenvalue weighted by Crippen LogP contribution is 2.28. The van der Waals surface area contributed by atoms with E-state index >= 15 is 0 Å². The van der Waals surface area contributed by atoms with Gasteiger partial charge in [0.25, 0.3) is 0 Å². The van der Waals surface area contributed by atoms with Gasteiger partial charge in [-0.2, -0.15) is 4.31 Å². The summed E-state index contributed by atoms with van der Waals surface area (Å²) >= 11 is 0. The summed E-state index contributed by atoms with van der Waals surface area (Å²) in [6.07, 6.45) is 5.32. The molecule has 2 aliphatic rings. The number of carboxylic acid groups (broad SMARTS) is 1. The first-order valence-electron chi connectivity index (χ1n) is 10.5. The number of piperazine rings is 1. The maximum absolute atomic E-state index is 13.0. The Morgan fingerprint density at radius 2 is 1.57 bits per heavy atom. The molecule has 0 saturated carbocycles. The van der Waals surface area contributed by atoms with Gasteiger partial charge in [0.05, 0.1) is 16.7 Å². The Morgan fingerprint density at radius 3 is 2.10 bits per heavy atom. The molecule has 0 bridgehead atoms. The molecule has 164 valence electrons. The van der Waals surface area contributed by atoms with Gasteiger partial charge in [-0.15, -0.1) is 0 Å². The van der Waals surface area contributed by atoms with Crippen LogP contribution in [-0.2, 0) is 26.0 Å². The van der Waals surface area contributed by atoms with E-state index in [0.29, 0.717) is 18.8 Å². The van der Waals surface area contributed by atoms with E-state index < -0.39 is 27.8 Å². The van der Waals surface area contributed by atoms with Crippen molar-refractivity contribution in [1.29, 1.82) is 0 Å². The standard InChI is InChI=1S/C22H30N2O5S/c1-16(2)15-17-7-9-18(10-8-17)30(28,29)24-13-11-23(12-14-24)21(25)19-5-3-4-6-20(19)22(26)27/h3-4,7-10,16,19-20H,5-6,11-15H2,1-2H3,(H,26,27)/t19-,20+/m0/s1. The van der Waals surface area contributed by atoms with Gasteiger partial charge < -0.3 is 10.0 Å². The zero-order valence-corrected chi connectivity index (χ0v) is 18.3. The van der Waals surface area contributed by atoms with Crippen LogP contribution in [-0.4, -0.2) is 60.8 Å². The van der Waals surface area contributed by atoms with Gasteiger partial charge in [-0.1, -0.05) is 38.1 Å². The molecule has 1 N–H and O–H groups in total. The molecule has 1 aliphatic heterocycles. The second-order valence-corrected chi connectivity index (χ2v) is 10.4. The van der Waals surface area contributed by atoms with Crippen LogP contribution in [0.15, 0.2) is 41.3 Å². The number of hydrogen-bond acceptors (Lipinski definition) is 4. The number of amides is 1. The van der Waals surface area contributed by atoms with Crippen molar-refractivity contribution < 1.29 is 23.1 Å². The molecule has 0 radical (unpaired) electrons. The Bertz CT molecular complexity index is 900. The van der Waals surface area contributed by atoms with Crippen molar-refractivity contribution in [3.05, 3.63) is 42.0 Å². The van der Waals surface area contributed by atoms with E-state index in [9.17, 15) is 23.1 Å². The van der Waals surface area contributed by atoms with Gasteiger partial charge in [-0.05, 0) is 42.9 Å². The molecule has 7 nitrogen and oxygen atoms in total. The lowest BCUT2D eigenvalue weighted by atomic mass is 9.82. The first-order valence-corrected chi connectivity index (χ1v) is 11.9. The minimum atomic E-state index is -3.62. The summed E-state index contributed by atoms with van der Waals surface area (Å²) in [6, 6.07) is 7.01. The highest BCUT2D eigenvalue weighted by molar-refractivity contribution is 7.89. The van der Waals surface area contributed by atoms with Crippen molar-refractivity contribution in [2.75, 3.05) is 26.2 Å². The summed E-state index contributed by atoms with van der Waals surface area (Å²) in [6.45, 7) is 5.21. The normalized spacial score (nSPS) is 23.0. The van der Waals surface area contributed by atoms with Gasteiger partial charge in [0.15, 0.2) is 0 Å². The summed E-state index contributed by atoms with van der Waals surface area (Å²) in [5.41, 5.74) is 1.11. The van der Waals surface area contributed by atoms with E-state index in [1.165, 1.54) is 4.31 Å². The molecule has 3 rings (SSSR count). The molecule has 1 heterocycles. The molecule has 0 spiro atoms. The minimum absolute atomic E-state index is 0.193. The fourth-order valence-corrected chi connectivity index (χ4v) is 5.58. The van der Waals surface area contributed by atoms with Crippen LogP contribution >= 0.6 is 0 Å². The second kappa shape index (κ2) is 9.31. The Kier molecular flexibility index (Phi) is 6.98. The van der Waals surface area contributed by atoms with Crippen LogP contribution in [0.1, 0.15) is 32.3 Å². The third kappa shape index (κ3) is 4.92. The average molecular weight is 435 g/mol. The fourth-order valence-electron chi connectivity index (χ4n) is 4.16. The number of benzene rings is 1. The molecule has 1 aromatic carbocycles. The molecule has 1 saturated heterocycles. The number of rotatable bonds is 6. The van der Waals surface area contributed by atoms with E-state index in [4.69, 9.17) is 0 Å². The monoisotopic (exact) mass is 434 g/mol. The Morgan fingerprint density at radius 1 is 1.00 bits per heavy atom. The van der Waals surface area contributed by atoms with E-state index in [0.717, 1.165) is 12.0 Å². The highest BCUT2D eigenvalue weighted by Gasteiger charge is 2.38. The molecule has 1 aliphatic carbocycles. The van der Waals surface area contributed by atoms with Crippen molar-refractivity contribution in [3.63, 3.8) is 0 Å². The van der Waals surface area contributed by atoms with Crippen LogP contribution in [0, 0.1) is 17.8 Å². The third-order valence-electron chi connectivity index (χ3n) is 5.82. The van der Waals surface area contributed by atoms with E-state index in [-0.39, 0.29) is 37.0 Å². The molecule has 30 heavy (non-hydrogen) atoms. The summed E-state index contributed by atoms with van der Waals surface area (Å²) < 4.78 is 27.4. The molecule has 2 atom stereocenters. The van der Waals surface area contributed by atoms with E-state index in [1.807, 2.05) is 18.2 Å². The highest BCUT2D eigenvalue weighted by atomic mass is 32.2. The predicted molar refractivity (Wildman–Crippen MR) is 113 cm³/mol. The summed E-state index contributed by atoms with van der Waals surface area (Å²) in [4.78, 5) is 26.2. The summed E-state index contributed by atoms with van der Waals surface area (Å²) in [7, 11) is -3.62. The average Bonchev–Trinajstić information content (AvgIpc) is 2.73. The van der Waals surface area contributed by atoms with Crippen molar-refractivity contribution >= 4 is 21.9 Å². The number of allylic oxidation sites excluding steroid dienone is 2. The van der Waals surface area contributed by atoms with Gasteiger partial charge in [-0.3, -0.25) is 9.59 Å². The van der Waals surface area contributed by atoms with Gasteiger partial charge in [0.1, 0.15) is 0 Å². The van der Waals surface area contributed by atoms with Gasteiger partial charge in [-0.25, -0.2) is 8.42 Å². The van der Waals surface area contributed by atoms with Crippen molar-refractivity contribution in [2.24, 2.45) is 17.8 Å². The molecular weight excluding hydrogens is 404 g/mol. The molecule has 1 amide bonds. The van der Waals surface area contributed by atoms with E-state index in [1.54, 1.807) is 23.1 Å². The predicted octanol–water partition coefficient (Wildman–Crippen LogP) is 2.39. The summed E-state index contributed by atoms with van der Waals surface area (Å²) in [5, 5.41) is 9.41. The first-order chi connectivity index (χ1) is 14.2. The lowest BCUT2D eigenvalue weighted by molar-refractivity contribution is -0.151. The lowest BCUT2D eigenvalue weighted by Gasteiger charge is -2.37. The van der Waals surface area contributed by atoms with Crippen LogP contribution in [0.2, 0.25) is 0 Å². The van der Waals surface area contributed by atoms with Crippen LogP contribution in [0.4, 0.5) is 0 Å². The number of carboxylic acids is 1. The van der Waals surface area contributed by atoms with Gasteiger partial charge in [0, 0.05) is 26.2 Å². The van der Waals surface area contributed by atoms with Crippen molar-refractivity contribution in [2.45, 2.75) is 38.0 Å². The van der Waals surface area contributed by atoms with E-state index in [2.05, 4.69) is 13.8 Å². The molecule has 1 fully saturated rings. The third-order valence-corrected chi connectivity index (χ3v) is 7.74. The zero-order valence-electron chi connectivity index (χ0n) is 17.5. The van der Waals surface area contributed by atoms with Crippen LogP contribution in [0.5, 0.6) is 0 Å². The van der Waals surface area contributed by atoms with Crippen LogP contribution in [0.3, 0.4) is 0 Å². The first kappa shape index (κ1) is 22.5. The maximum Gasteiger partial charge on any atom is 0.307 e. The Balaban J connectivity index is 1.63. The van der Waals surface area contributed by atoms with Crippen molar-refractivity contribution in [3.8, 4) is 0 Å². The maximum atomic E-state index is 13.0. The molecule has 0 aromatic heterocycles. The molecule has 1 aromatic rings. The Labute approximate surface area is 178 Å². The minimum Gasteiger partial charge on any atom is -0.481 e. The fraction of sp³-hybridized carbons (Fsp3) is 0.545. The Hall–Kier alpha value is -2.19. The number of sulfonamides is 1. The van der Waals surface area contributed by atoms with Crippen LogP contribution in [0.25, 0.3) is 0 Å².